The molecular weight excluding hydrogens is 616 g/mol. The van der Waals surface area contributed by atoms with Gasteiger partial charge >= 0.3 is 13.8 Å². The number of hydrogen-bond acceptors (Lipinski definition) is 8. The molecule has 1 aliphatic rings. The number of hydrogen-bond donors (Lipinski definition) is 0. The van der Waals surface area contributed by atoms with Crippen LogP contribution < -0.4 is 0 Å². The van der Waals surface area contributed by atoms with Crippen LogP contribution in [0, 0.1) is 0 Å². The number of rotatable bonds is 14. The summed E-state index contributed by atoms with van der Waals surface area (Å²) in [6, 6.07) is 9.60. The van der Waals surface area contributed by atoms with Gasteiger partial charge in [0.25, 0.3) is 0 Å². The third kappa shape index (κ3) is 11.3. The predicted octanol–water partition coefficient (Wildman–Crippen LogP) is 9.28. The third-order valence-electron chi connectivity index (χ3n) is 9.04. The van der Waals surface area contributed by atoms with Gasteiger partial charge in [-0.15, -0.1) is 0 Å². The van der Waals surface area contributed by atoms with Gasteiger partial charge in [0, 0.05) is 14.5 Å². The zero-order valence-corrected chi connectivity index (χ0v) is 33.2. The van der Waals surface area contributed by atoms with Crippen LogP contribution in [-0.4, -0.2) is 68.3 Å². The van der Waals surface area contributed by atoms with Crippen LogP contribution >= 0.6 is 7.82 Å². The Hall–Kier alpha value is -0.629. The van der Waals surface area contributed by atoms with Gasteiger partial charge in [0.05, 0.1) is 24.9 Å². The summed E-state index contributed by atoms with van der Waals surface area (Å²) in [6.07, 6.45) is -0.713. The zero-order chi connectivity index (χ0) is 33.1. The van der Waals surface area contributed by atoms with Gasteiger partial charge in [-0.2, -0.15) is 0 Å². The number of carbonyl (C=O) groups excluding carboxylic acids is 1. The monoisotopic (exact) mass is 674 g/mol. The van der Waals surface area contributed by atoms with Gasteiger partial charge in [-0.1, -0.05) is 79.4 Å². The van der Waals surface area contributed by atoms with E-state index in [0.717, 1.165) is 6.04 Å². The molecule has 43 heavy (non-hydrogen) atoms. The molecule has 0 spiro atoms. The van der Waals surface area contributed by atoms with E-state index in [4.69, 9.17) is 27.2 Å². The predicted molar refractivity (Wildman–Crippen MR) is 183 cm³/mol. The molecule has 0 bridgehead atoms. The molecule has 1 unspecified atom stereocenters. The van der Waals surface area contributed by atoms with E-state index in [1.165, 1.54) is 0 Å². The quantitative estimate of drug-likeness (QED) is 0.110. The zero-order valence-electron chi connectivity index (χ0n) is 29.3. The minimum atomic E-state index is -3.93. The topological polar surface area (TPSA) is 89.5 Å². The van der Waals surface area contributed by atoms with Crippen LogP contribution in [-0.2, 0) is 31.7 Å². The van der Waals surface area contributed by atoms with Crippen molar-refractivity contribution in [2.45, 2.75) is 135 Å². The average Bonchev–Trinajstić information content (AvgIpc) is 3.08. The van der Waals surface area contributed by atoms with Gasteiger partial charge < -0.3 is 13.6 Å². The van der Waals surface area contributed by atoms with Crippen molar-refractivity contribution in [3.05, 3.63) is 35.9 Å². The molecule has 248 valence electrons. The molecule has 0 radical (unpaired) electrons. The molecule has 0 N–H and O–H groups in total. The van der Waals surface area contributed by atoms with E-state index < -0.39 is 50.2 Å². The second kappa shape index (κ2) is 14.0. The molecule has 1 aromatic carbocycles. The number of esters is 1. The summed E-state index contributed by atoms with van der Waals surface area (Å²) in [6.45, 7) is 31.1. The smallest absolute Gasteiger partial charge is 0.459 e. The molecule has 1 aliphatic heterocycles. The molecule has 1 heterocycles. The second-order valence-corrected chi connectivity index (χ2v) is 33.1. The van der Waals surface area contributed by atoms with Gasteiger partial charge in [0.1, 0.15) is 18.3 Å². The van der Waals surface area contributed by atoms with Crippen LogP contribution in [0.5, 0.6) is 0 Å². The summed E-state index contributed by atoms with van der Waals surface area (Å²) >= 11 is 0. The minimum absolute atomic E-state index is 0.0287. The Balaban J connectivity index is 2.37. The summed E-state index contributed by atoms with van der Waals surface area (Å²) in [5, 5.41) is 0.000576. The lowest BCUT2D eigenvalue weighted by Gasteiger charge is -2.42. The van der Waals surface area contributed by atoms with Crippen molar-refractivity contribution in [2.24, 2.45) is 0 Å². The molecule has 12 heteroatoms. The van der Waals surface area contributed by atoms with Gasteiger partial charge in [0.15, 0.2) is 16.6 Å². The van der Waals surface area contributed by atoms with E-state index in [-0.39, 0.29) is 29.4 Å². The summed E-state index contributed by atoms with van der Waals surface area (Å²) in [7, 11) is -9.70. The first-order chi connectivity index (χ1) is 19.3. The van der Waals surface area contributed by atoms with E-state index >= 15 is 0 Å². The van der Waals surface area contributed by atoms with E-state index in [0.29, 0.717) is 18.6 Å². The largest absolute Gasteiger partial charge is 0.475 e. The van der Waals surface area contributed by atoms with Crippen LogP contribution in [0.2, 0.25) is 61.9 Å². The van der Waals surface area contributed by atoms with Crippen LogP contribution in [0.3, 0.4) is 0 Å². The highest BCUT2D eigenvalue weighted by molar-refractivity contribution is 7.48. The van der Waals surface area contributed by atoms with Crippen molar-refractivity contribution in [3.63, 3.8) is 0 Å². The van der Waals surface area contributed by atoms with Crippen molar-refractivity contribution >= 4 is 38.5 Å². The number of phosphoric ester groups is 1. The highest BCUT2D eigenvalue weighted by Crippen LogP contribution is 2.62. The lowest BCUT2D eigenvalue weighted by Crippen LogP contribution is -2.50. The van der Waals surface area contributed by atoms with E-state index in [9.17, 15) is 9.36 Å². The molecule has 0 amide bonds. The molecule has 1 saturated heterocycles. The highest BCUT2D eigenvalue weighted by Gasteiger charge is 2.56. The normalized spacial score (nSPS) is 24.7. The third-order valence-corrected chi connectivity index (χ3v) is 21.4. The van der Waals surface area contributed by atoms with Gasteiger partial charge in [-0.25, -0.2) is 9.36 Å². The summed E-state index contributed by atoms with van der Waals surface area (Å²) in [5.41, 5.74) is -0.788. The first kappa shape index (κ1) is 38.6. The fourth-order valence-electron chi connectivity index (χ4n) is 3.90. The standard InChI is InChI=1S/C31H59O8PSi3/c1-29(2,3)42(11,12)36-23-26(38-43(13,14)30(4,5)6)22-27-31(7,24-34-28(32)25-18-16-15-17-19-25)39-40(33,37-27)35-20-21-41(8,9)10/h15-19,26-27H,20-24H2,1-14H3/t26-,27-,31-,40?/m1/s1. The molecule has 0 aliphatic carbocycles. The summed E-state index contributed by atoms with van der Waals surface area (Å²) in [5.74, 6) is -0.485. The second-order valence-electron chi connectivity index (χ2n) is 16.3. The molecule has 4 atom stereocenters. The Morgan fingerprint density at radius 3 is 2.02 bits per heavy atom. The average molecular weight is 675 g/mol. The molecule has 1 fully saturated rings. The molecule has 1 aromatic rings. The molecule has 0 aromatic heterocycles. The number of phosphoric acid groups is 1. The first-order valence-corrected chi connectivity index (χ1v) is 26.5. The van der Waals surface area contributed by atoms with Crippen molar-refractivity contribution in [2.75, 3.05) is 19.8 Å². The van der Waals surface area contributed by atoms with Gasteiger partial charge in [-0.05, 0) is 61.4 Å². The highest BCUT2D eigenvalue weighted by atomic mass is 31.2. The Bertz CT molecular complexity index is 1110. The Kier molecular flexibility index (Phi) is 12.6. The first-order valence-electron chi connectivity index (χ1n) is 15.5. The Morgan fingerprint density at radius 2 is 1.51 bits per heavy atom. The van der Waals surface area contributed by atoms with Crippen LogP contribution in [0.4, 0.5) is 0 Å². The van der Waals surface area contributed by atoms with E-state index in [2.05, 4.69) is 87.4 Å². The lowest BCUT2D eigenvalue weighted by atomic mass is 9.95. The molecular formula is C31H59O8PSi3. The Labute approximate surface area is 264 Å². The molecule has 0 saturated carbocycles. The van der Waals surface area contributed by atoms with Crippen LogP contribution in [0.15, 0.2) is 30.3 Å². The van der Waals surface area contributed by atoms with Crippen LogP contribution in [0.25, 0.3) is 0 Å². The number of carbonyl (C=O) groups is 1. The fraction of sp³-hybridized carbons (Fsp3) is 0.774. The maximum Gasteiger partial charge on any atom is 0.475 e. The van der Waals surface area contributed by atoms with Crippen LogP contribution in [0.1, 0.15) is 65.2 Å². The van der Waals surface area contributed by atoms with Crippen molar-refractivity contribution in [1.29, 1.82) is 0 Å². The Morgan fingerprint density at radius 1 is 0.953 bits per heavy atom. The summed E-state index contributed by atoms with van der Waals surface area (Å²) in [4.78, 5) is 12.9. The van der Waals surface area contributed by atoms with Crippen molar-refractivity contribution < 1.29 is 36.5 Å². The van der Waals surface area contributed by atoms with E-state index in [1.54, 1.807) is 31.2 Å². The maximum absolute atomic E-state index is 13.9. The fourth-order valence-corrected chi connectivity index (χ4v) is 8.95. The SMILES string of the molecule is CC(C)(C)[Si](C)(C)OC[C@@H](C[C@H]1OP(=O)(OCC[Si](C)(C)C)O[C@]1(C)COC(=O)c1ccccc1)O[Si](C)(C)C(C)(C)C. The number of benzene rings is 1. The summed E-state index contributed by atoms with van der Waals surface area (Å²) < 4.78 is 51.3. The molecule has 2 rings (SSSR count). The van der Waals surface area contributed by atoms with E-state index in [1.807, 2.05) is 6.07 Å². The van der Waals surface area contributed by atoms with Gasteiger partial charge in [-0.3, -0.25) is 13.6 Å². The lowest BCUT2D eigenvalue weighted by molar-refractivity contribution is -0.0372. The molecule has 8 nitrogen and oxygen atoms in total. The minimum Gasteiger partial charge on any atom is -0.459 e. The van der Waals surface area contributed by atoms with Crippen molar-refractivity contribution in [3.8, 4) is 0 Å². The van der Waals surface area contributed by atoms with Gasteiger partial charge in [0.2, 0.25) is 0 Å². The van der Waals surface area contributed by atoms with Crippen molar-refractivity contribution in [1.82, 2.24) is 0 Å². The number of ether oxygens (including phenoxy) is 1. The maximum atomic E-state index is 13.9.